The molecule has 2 aromatic rings. The van der Waals surface area contributed by atoms with E-state index in [9.17, 15) is 9.59 Å². The van der Waals surface area contributed by atoms with Crippen LogP contribution in [0.1, 0.15) is 41.6 Å². The van der Waals surface area contributed by atoms with Gasteiger partial charge in [0.15, 0.2) is 0 Å². The fourth-order valence-corrected chi connectivity index (χ4v) is 2.64. The van der Waals surface area contributed by atoms with Gasteiger partial charge in [-0.2, -0.15) is 0 Å². The second kappa shape index (κ2) is 11.9. The maximum Gasteiger partial charge on any atom is 0.343 e. The molecule has 0 aliphatic rings. The molecule has 29 heavy (non-hydrogen) atoms. The van der Waals surface area contributed by atoms with Crippen molar-refractivity contribution in [3.8, 4) is 11.5 Å². The molecule has 154 valence electrons. The number of ether oxygens (including phenoxy) is 3. The predicted molar refractivity (Wildman–Crippen MR) is 113 cm³/mol. The molecule has 2 rings (SSSR count). The van der Waals surface area contributed by atoms with E-state index in [1.54, 1.807) is 42.5 Å². The molecule has 0 aromatic heterocycles. The van der Waals surface area contributed by atoms with Crippen molar-refractivity contribution in [2.75, 3.05) is 13.2 Å². The zero-order valence-electron chi connectivity index (χ0n) is 16.5. The Balaban J connectivity index is 1.67. The number of carbonyl (C=O) groups is 2. The molecule has 6 heteroatoms. The lowest BCUT2D eigenvalue weighted by molar-refractivity contribution is -0.137. The molecule has 0 bridgehead atoms. The minimum Gasteiger partial charge on any atom is -0.494 e. The minimum absolute atomic E-state index is 0.386. The number of benzene rings is 2. The van der Waals surface area contributed by atoms with Crippen molar-refractivity contribution in [2.45, 2.75) is 32.6 Å². The van der Waals surface area contributed by atoms with Gasteiger partial charge in [-0.3, -0.25) is 0 Å². The van der Waals surface area contributed by atoms with Crippen LogP contribution in [0.15, 0.2) is 55.1 Å². The van der Waals surface area contributed by atoms with E-state index in [1.807, 2.05) is 6.92 Å². The summed E-state index contributed by atoms with van der Waals surface area (Å²) >= 11 is 6.05. The Kier molecular flexibility index (Phi) is 9.25. The Labute approximate surface area is 176 Å². The molecule has 0 aliphatic carbocycles. The first-order valence-corrected chi connectivity index (χ1v) is 9.88. The lowest BCUT2D eigenvalue weighted by atomic mass is 10.2. The Morgan fingerprint density at radius 1 is 0.966 bits per heavy atom. The monoisotopic (exact) mass is 416 g/mol. The zero-order valence-corrected chi connectivity index (χ0v) is 17.2. The third-order valence-corrected chi connectivity index (χ3v) is 4.57. The molecule has 0 atom stereocenters. The maximum absolute atomic E-state index is 12.2. The van der Waals surface area contributed by atoms with Crippen LogP contribution in [0, 0.1) is 6.92 Å². The van der Waals surface area contributed by atoms with E-state index in [1.165, 1.54) is 0 Å². The predicted octanol–water partition coefficient (Wildman–Crippen LogP) is 5.54. The molecule has 0 saturated carbocycles. The molecular weight excluding hydrogens is 392 g/mol. The molecule has 0 unspecified atom stereocenters. The van der Waals surface area contributed by atoms with Crippen LogP contribution in [-0.4, -0.2) is 25.2 Å². The summed E-state index contributed by atoms with van der Waals surface area (Å²) in [7, 11) is 0. The van der Waals surface area contributed by atoms with Gasteiger partial charge in [-0.05, 0) is 74.6 Å². The highest BCUT2D eigenvalue weighted by Crippen LogP contribution is 2.23. The number of esters is 2. The first kappa shape index (κ1) is 22.5. The summed E-state index contributed by atoms with van der Waals surface area (Å²) < 4.78 is 15.9. The zero-order chi connectivity index (χ0) is 21.1. The van der Waals surface area contributed by atoms with E-state index in [0.717, 1.165) is 37.3 Å². The number of hydrogen-bond donors (Lipinski definition) is 0. The SMILES string of the molecule is C=CC(=O)OCCCCCCOc1ccc(C(=O)Oc2ccc(C)c(Cl)c2)cc1. The molecule has 0 heterocycles. The van der Waals surface area contributed by atoms with Gasteiger partial charge in [-0.1, -0.05) is 24.2 Å². The average molecular weight is 417 g/mol. The maximum atomic E-state index is 12.2. The summed E-state index contributed by atoms with van der Waals surface area (Å²) in [5, 5.41) is 0.553. The topological polar surface area (TPSA) is 61.8 Å². The quantitative estimate of drug-likeness (QED) is 0.208. The summed E-state index contributed by atoms with van der Waals surface area (Å²) in [6.45, 7) is 6.23. The molecule has 0 saturated heterocycles. The lowest BCUT2D eigenvalue weighted by Gasteiger charge is -2.08. The first-order valence-electron chi connectivity index (χ1n) is 9.50. The smallest absolute Gasteiger partial charge is 0.343 e. The van der Waals surface area contributed by atoms with Crippen molar-refractivity contribution < 1.29 is 23.8 Å². The van der Waals surface area contributed by atoms with Crippen LogP contribution < -0.4 is 9.47 Å². The number of halogens is 1. The van der Waals surface area contributed by atoms with E-state index < -0.39 is 5.97 Å². The molecule has 0 radical (unpaired) electrons. The molecule has 5 nitrogen and oxygen atoms in total. The van der Waals surface area contributed by atoms with Crippen molar-refractivity contribution in [3.63, 3.8) is 0 Å². The summed E-state index contributed by atoms with van der Waals surface area (Å²) in [5.41, 5.74) is 1.35. The van der Waals surface area contributed by atoms with Gasteiger partial charge in [0.1, 0.15) is 11.5 Å². The number of unbranched alkanes of at least 4 members (excludes halogenated alkanes) is 3. The minimum atomic E-state index is -0.450. The molecular formula is C23H25ClO5. The number of carbonyl (C=O) groups excluding carboxylic acids is 2. The Morgan fingerprint density at radius 2 is 1.62 bits per heavy atom. The highest BCUT2D eigenvalue weighted by molar-refractivity contribution is 6.31. The lowest BCUT2D eigenvalue weighted by Crippen LogP contribution is -2.08. The summed E-state index contributed by atoms with van der Waals surface area (Å²) in [6.07, 6.45) is 4.82. The summed E-state index contributed by atoms with van der Waals surface area (Å²) in [5.74, 6) is 0.266. The molecule has 2 aromatic carbocycles. The highest BCUT2D eigenvalue weighted by atomic mass is 35.5. The third-order valence-electron chi connectivity index (χ3n) is 4.16. The number of hydrogen-bond acceptors (Lipinski definition) is 5. The van der Waals surface area contributed by atoms with Crippen LogP contribution in [0.25, 0.3) is 0 Å². The van der Waals surface area contributed by atoms with Crippen molar-refractivity contribution in [2.24, 2.45) is 0 Å². The molecule has 0 amide bonds. The van der Waals surface area contributed by atoms with Crippen LogP contribution in [-0.2, 0) is 9.53 Å². The summed E-state index contributed by atoms with van der Waals surface area (Å²) in [6, 6.07) is 12.0. The van der Waals surface area contributed by atoms with E-state index in [2.05, 4.69) is 6.58 Å². The molecule has 0 spiro atoms. The van der Waals surface area contributed by atoms with Crippen molar-refractivity contribution in [3.05, 3.63) is 71.3 Å². The Morgan fingerprint density at radius 3 is 2.28 bits per heavy atom. The Bertz CT molecular complexity index is 830. The van der Waals surface area contributed by atoms with Crippen LogP contribution in [0.5, 0.6) is 11.5 Å². The van der Waals surface area contributed by atoms with Crippen LogP contribution in [0.3, 0.4) is 0 Å². The van der Waals surface area contributed by atoms with Crippen LogP contribution >= 0.6 is 11.6 Å². The molecule has 0 N–H and O–H groups in total. The van der Waals surface area contributed by atoms with Gasteiger partial charge in [0, 0.05) is 11.1 Å². The van der Waals surface area contributed by atoms with Crippen molar-refractivity contribution in [1.82, 2.24) is 0 Å². The molecule has 0 fully saturated rings. The number of rotatable bonds is 11. The fourth-order valence-electron chi connectivity index (χ4n) is 2.47. The second-order valence-corrected chi connectivity index (χ2v) is 6.87. The second-order valence-electron chi connectivity index (χ2n) is 6.46. The highest BCUT2D eigenvalue weighted by Gasteiger charge is 2.10. The standard InChI is InChI=1S/C23H25ClO5/c1-3-22(25)28-15-7-5-4-6-14-27-19-12-9-18(10-13-19)23(26)29-20-11-8-17(2)21(24)16-20/h3,8-13,16H,1,4-7,14-15H2,2H3. The number of aryl methyl sites for hydroxylation is 1. The van der Waals surface area contributed by atoms with E-state index >= 15 is 0 Å². The van der Waals surface area contributed by atoms with Crippen molar-refractivity contribution >= 4 is 23.5 Å². The summed E-state index contributed by atoms with van der Waals surface area (Å²) in [4.78, 5) is 23.1. The van der Waals surface area contributed by atoms with Gasteiger partial charge in [0.25, 0.3) is 0 Å². The van der Waals surface area contributed by atoms with Crippen molar-refractivity contribution in [1.29, 1.82) is 0 Å². The van der Waals surface area contributed by atoms with Gasteiger partial charge in [-0.25, -0.2) is 9.59 Å². The van der Waals surface area contributed by atoms with Gasteiger partial charge in [0.2, 0.25) is 0 Å². The van der Waals surface area contributed by atoms with Gasteiger partial charge < -0.3 is 14.2 Å². The van der Waals surface area contributed by atoms with Gasteiger partial charge in [0.05, 0.1) is 18.8 Å². The largest absolute Gasteiger partial charge is 0.494 e. The van der Waals surface area contributed by atoms with Gasteiger partial charge in [-0.15, -0.1) is 0 Å². The van der Waals surface area contributed by atoms with E-state index in [4.69, 9.17) is 25.8 Å². The third kappa shape index (κ3) is 8.00. The molecule has 0 aliphatic heterocycles. The normalized spacial score (nSPS) is 10.3. The fraction of sp³-hybridized carbons (Fsp3) is 0.304. The van der Waals surface area contributed by atoms with E-state index in [-0.39, 0.29) is 5.97 Å². The first-order chi connectivity index (χ1) is 14.0. The average Bonchev–Trinajstić information content (AvgIpc) is 2.72. The van der Waals surface area contributed by atoms with E-state index in [0.29, 0.717) is 35.3 Å². The van der Waals surface area contributed by atoms with Crippen LogP contribution in [0.4, 0.5) is 0 Å². The Hall–Kier alpha value is -2.79. The van der Waals surface area contributed by atoms with Crippen LogP contribution in [0.2, 0.25) is 5.02 Å². The van der Waals surface area contributed by atoms with Gasteiger partial charge >= 0.3 is 11.9 Å².